The van der Waals surface area contributed by atoms with Gasteiger partial charge in [-0.1, -0.05) is 53.6 Å². The number of allylic oxidation sites excluding steroid dienone is 2. The third kappa shape index (κ3) is 5.31. The molecule has 202 valence electrons. The maximum Gasteiger partial charge on any atom is 0.343 e. The van der Waals surface area contributed by atoms with Crippen LogP contribution in [0.3, 0.4) is 0 Å². The minimum atomic E-state index is -0.740. The summed E-state index contributed by atoms with van der Waals surface area (Å²) in [4.78, 5) is 66.0. The molecule has 0 bridgehead atoms. The number of hydrogen-bond acceptors (Lipinski definition) is 6. The zero-order valence-corrected chi connectivity index (χ0v) is 22.3. The van der Waals surface area contributed by atoms with Crippen molar-refractivity contribution in [2.75, 3.05) is 6.54 Å². The van der Waals surface area contributed by atoms with Crippen molar-refractivity contribution in [1.82, 2.24) is 10.0 Å². The van der Waals surface area contributed by atoms with Crippen LogP contribution in [0.1, 0.15) is 49.5 Å². The van der Waals surface area contributed by atoms with Gasteiger partial charge in [-0.2, -0.15) is 5.01 Å². The molecule has 0 unspecified atom stereocenters. The number of benzene rings is 3. The summed E-state index contributed by atoms with van der Waals surface area (Å²) in [5, 5.41) is 1.82. The number of rotatable bonds is 7. The van der Waals surface area contributed by atoms with Crippen molar-refractivity contribution in [1.29, 1.82) is 0 Å². The molecule has 40 heavy (non-hydrogen) atoms. The fourth-order valence-electron chi connectivity index (χ4n) is 4.82. The van der Waals surface area contributed by atoms with Crippen LogP contribution in [0.25, 0.3) is 0 Å². The molecule has 1 aliphatic carbocycles. The molecule has 0 saturated carbocycles. The molecule has 0 radical (unpaired) electrons. The number of ether oxygens (including phenoxy) is 1. The Morgan fingerprint density at radius 2 is 1.43 bits per heavy atom. The number of hydrogen-bond donors (Lipinski definition) is 0. The average molecular weight is 557 g/mol. The first-order valence-electron chi connectivity index (χ1n) is 12.8. The molecule has 3 aromatic rings. The number of carbonyl (C=O) groups excluding carboxylic acids is 5. The molecule has 3 aromatic carbocycles. The Morgan fingerprint density at radius 3 is 2.02 bits per heavy atom. The first-order chi connectivity index (χ1) is 19.2. The van der Waals surface area contributed by atoms with E-state index in [2.05, 4.69) is 0 Å². The Kier molecular flexibility index (Phi) is 7.62. The van der Waals surface area contributed by atoms with Gasteiger partial charge >= 0.3 is 5.97 Å². The van der Waals surface area contributed by atoms with E-state index in [0.29, 0.717) is 18.4 Å². The highest BCUT2D eigenvalue weighted by Gasteiger charge is 2.51. The van der Waals surface area contributed by atoms with Gasteiger partial charge in [-0.15, -0.1) is 0 Å². The third-order valence-electron chi connectivity index (χ3n) is 7.03. The Labute approximate surface area is 235 Å². The van der Waals surface area contributed by atoms with Crippen LogP contribution in [0.4, 0.5) is 0 Å². The maximum absolute atomic E-state index is 13.6. The maximum atomic E-state index is 13.6. The number of imide groups is 1. The molecular weight excluding hydrogens is 532 g/mol. The molecule has 1 fully saturated rings. The van der Waals surface area contributed by atoms with Crippen molar-refractivity contribution in [3.8, 4) is 5.75 Å². The van der Waals surface area contributed by atoms with Gasteiger partial charge in [-0.25, -0.2) is 9.80 Å². The van der Waals surface area contributed by atoms with Crippen molar-refractivity contribution in [2.24, 2.45) is 11.8 Å². The number of hydrazine groups is 1. The number of halogens is 1. The molecule has 1 saturated heterocycles. The lowest BCUT2D eigenvalue weighted by Gasteiger charge is -2.30. The Morgan fingerprint density at radius 1 is 0.850 bits per heavy atom. The molecular formula is C31H25ClN2O6. The van der Waals surface area contributed by atoms with Crippen molar-refractivity contribution < 1.29 is 28.7 Å². The summed E-state index contributed by atoms with van der Waals surface area (Å²) in [6, 6.07) is 19.0. The number of Topliss-reactive ketones (excluding diaryl/α,β-unsaturated/α-hetero) is 1. The van der Waals surface area contributed by atoms with Crippen LogP contribution in [0, 0.1) is 18.8 Å². The highest BCUT2D eigenvalue weighted by atomic mass is 35.5. The zero-order chi connectivity index (χ0) is 28.4. The normalized spacial score (nSPS) is 17.9. The lowest BCUT2D eigenvalue weighted by molar-refractivity contribution is -0.154. The average Bonchev–Trinajstić information content (AvgIpc) is 3.21. The van der Waals surface area contributed by atoms with Gasteiger partial charge in [0, 0.05) is 5.56 Å². The smallest absolute Gasteiger partial charge is 0.343 e. The standard InChI is InChI=1S/C31H25ClN2O6/c1-19-10-12-21(13-11-19)31(39)40-22-16-14-20(15-17-22)27(35)18-33(28(36)25-8-4-5-9-26(25)32)34-29(37)23-6-2-3-7-24(23)30(34)38/h2-5,8-17,23-24H,6-7,18H2,1H3/t23-,24-/m1/s1. The van der Waals surface area contributed by atoms with Crippen molar-refractivity contribution in [3.63, 3.8) is 0 Å². The summed E-state index contributed by atoms with van der Waals surface area (Å²) >= 11 is 6.26. The quantitative estimate of drug-likeness (QED) is 0.133. The summed E-state index contributed by atoms with van der Waals surface area (Å²) < 4.78 is 5.40. The number of ketones is 1. The van der Waals surface area contributed by atoms with Gasteiger partial charge in [0.2, 0.25) is 0 Å². The summed E-state index contributed by atoms with van der Waals surface area (Å²) in [6.07, 6.45) is 4.45. The van der Waals surface area contributed by atoms with E-state index in [1.807, 2.05) is 19.1 Å². The van der Waals surface area contributed by atoms with E-state index in [4.69, 9.17) is 16.3 Å². The van der Waals surface area contributed by atoms with Crippen LogP contribution >= 0.6 is 11.6 Å². The van der Waals surface area contributed by atoms with E-state index in [9.17, 15) is 24.0 Å². The molecule has 2 atom stereocenters. The highest BCUT2D eigenvalue weighted by Crippen LogP contribution is 2.36. The van der Waals surface area contributed by atoms with E-state index in [1.54, 1.807) is 36.4 Å². The lowest BCUT2D eigenvalue weighted by atomic mass is 9.85. The molecule has 3 amide bonds. The topological polar surface area (TPSA) is 101 Å². The Balaban J connectivity index is 1.37. The molecule has 0 spiro atoms. The summed E-state index contributed by atoms with van der Waals surface area (Å²) in [5.41, 5.74) is 1.65. The molecule has 0 N–H and O–H groups in total. The predicted molar refractivity (Wildman–Crippen MR) is 147 cm³/mol. The van der Waals surface area contributed by atoms with Crippen LogP contribution in [0.15, 0.2) is 84.9 Å². The van der Waals surface area contributed by atoms with Crippen LogP contribution in [-0.2, 0) is 9.59 Å². The second-order valence-corrected chi connectivity index (χ2v) is 10.1. The van der Waals surface area contributed by atoms with Crippen LogP contribution in [-0.4, -0.2) is 46.0 Å². The van der Waals surface area contributed by atoms with Crippen molar-refractivity contribution in [3.05, 3.63) is 112 Å². The lowest BCUT2D eigenvalue weighted by Crippen LogP contribution is -2.52. The zero-order valence-electron chi connectivity index (χ0n) is 21.6. The van der Waals surface area contributed by atoms with E-state index in [0.717, 1.165) is 15.6 Å². The van der Waals surface area contributed by atoms with Gasteiger partial charge in [0.05, 0.1) is 28.0 Å². The molecule has 5 rings (SSSR count). The van der Waals surface area contributed by atoms with Gasteiger partial charge in [-0.3, -0.25) is 19.2 Å². The first kappa shape index (κ1) is 27.0. The Bertz CT molecular complexity index is 1500. The fraction of sp³-hybridized carbons (Fsp3) is 0.194. The molecule has 0 aromatic heterocycles. The summed E-state index contributed by atoms with van der Waals surface area (Å²) in [7, 11) is 0. The number of aryl methyl sites for hydroxylation is 1. The summed E-state index contributed by atoms with van der Waals surface area (Å²) in [6.45, 7) is 1.34. The molecule has 9 heteroatoms. The number of esters is 1. The van der Waals surface area contributed by atoms with Crippen molar-refractivity contribution in [2.45, 2.75) is 19.8 Å². The van der Waals surface area contributed by atoms with Gasteiger partial charge in [0.15, 0.2) is 5.78 Å². The van der Waals surface area contributed by atoms with Gasteiger partial charge in [0.25, 0.3) is 17.7 Å². The predicted octanol–water partition coefficient (Wildman–Crippen LogP) is 5.06. The minimum absolute atomic E-state index is 0.0592. The van der Waals surface area contributed by atoms with E-state index in [-0.39, 0.29) is 21.9 Å². The Hall–Kier alpha value is -4.56. The van der Waals surface area contributed by atoms with Gasteiger partial charge in [0.1, 0.15) is 12.3 Å². The fourth-order valence-corrected chi connectivity index (χ4v) is 5.04. The number of nitrogens with zero attached hydrogens (tertiary/aromatic N) is 2. The minimum Gasteiger partial charge on any atom is -0.423 e. The first-order valence-corrected chi connectivity index (χ1v) is 13.1. The molecule has 8 nitrogen and oxygen atoms in total. The largest absolute Gasteiger partial charge is 0.423 e. The number of amides is 3. The van der Waals surface area contributed by atoms with Crippen LogP contribution < -0.4 is 4.74 Å². The van der Waals surface area contributed by atoms with E-state index < -0.39 is 47.9 Å². The number of carbonyl (C=O) groups is 5. The van der Waals surface area contributed by atoms with Crippen LogP contribution in [0.5, 0.6) is 5.75 Å². The summed E-state index contributed by atoms with van der Waals surface area (Å²) in [5.74, 6) is -3.79. The van der Waals surface area contributed by atoms with Crippen LogP contribution in [0.2, 0.25) is 5.02 Å². The second kappa shape index (κ2) is 11.3. The third-order valence-corrected chi connectivity index (χ3v) is 7.36. The monoisotopic (exact) mass is 556 g/mol. The molecule has 1 aliphatic heterocycles. The molecule has 2 aliphatic rings. The van der Waals surface area contributed by atoms with E-state index in [1.165, 1.54) is 36.4 Å². The van der Waals surface area contributed by atoms with Gasteiger partial charge < -0.3 is 4.74 Å². The SMILES string of the molecule is Cc1ccc(C(=O)Oc2ccc(C(=O)CN(C(=O)c3ccccc3Cl)N3C(=O)[C@@H]4CC=CC[C@H]4C3=O)cc2)cc1. The van der Waals surface area contributed by atoms with Crippen molar-refractivity contribution >= 4 is 41.1 Å². The molecule has 1 heterocycles. The van der Waals surface area contributed by atoms with Gasteiger partial charge in [-0.05, 0) is 68.3 Å². The highest BCUT2D eigenvalue weighted by molar-refractivity contribution is 6.34. The van der Waals surface area contributed by atoms with E-state index >= 15 is 0 Å². The number of fused-ring (bicyclic) bond motifs is 1. The second-order valence-electron chi connectivity index (χ2n) is 9.69.